The molecule has 0 spiro atoms. The molecule has 0 bridgehead atoms. The minimum atomic E-state index is -0.602. The van der Waals surface area contributed by atoms with Gasteiger partial charge in [-0.2, -0.15) is 0 Å². The number of nitrogens with zero attached hydrogens (tertiary/aromatic N) is 1. The van der Waals surface area contributed by atoms with Gasteiger partial charge >= 0.3 is 0 Å². The van der Waals surface area contributed by atoms with Gasteiger partial charge in [-0.05, 0) is 55.9 Å². The summed E-state index contributed by atoms with van der Waals surface area (Å²) in [6.07, 6.45) is 5.66. The molecule has 0 saturated carbocycles. The summed E-state index contributed by atoms with van der Waals surface area (Å²) in [6, 6.07) is 16.4. The number of unbranched alkanes of at least 4 members (excludes halogenated alkanes) is 2. The van der Waals surface area contributed by atoms with Gasteiger partial charge in [-0.25, -0.2) is 0 Å². The lowest BCUT2D eigenvalue weighted by molar-refractivity contribution is -0.0591. The summed E-state index contributed by atoms with van der Waals surface area (Å²) < 4.78 is 11.5. The molecule has 0 aromatic heterocycles. The summed E-state index contributed by atoms with van der Waals surface area (Å²) in [7, 11) is 1.64. The van der Waals surface area contributed by atoms with E-state index in [1.165, 1.54) is 5.56 Å². The van der Waals surface area contributed by atoms with E-state index in [-0.39, 0.29) is 6.61 Å². The highest BCUT2D eigenvalue weighted by Crippen LogP contribution is 2.33. The van der Waals surface area contributed by atoms with Crippen molar-refractivity contribution >= 4 is 5.71 Å². The molecular weight excluding hydrogens is 366 g/mol. The van der Waals surface area contributed by atoms with E-state index >= 15 is 0 Å². The number of oxime groups is 1. The molecule has 0 aliphatic carbocycles. The van der Waals surface area contributed by atoms with Crippen LogP contribution in [0.5, 0.6) is 11.5 Å². The molecule has 1 heterocycles. The van der Waals surface area contributed by atoms with Gasteiger partial charge in [0, 0.05) is 12.0 Å². The molecule has 3 rings (SSSR count). The molecule has 156 valence electrons. The van der Waals surface area contributed by atoms with Gasteiger partial charge in [-0.15, -0.1) is 0 Å². The Kier molecular flexibility index (Phi) is 7.53. The predicted molar refractivity (Wildman–Crippen MR) is 115 cm³/mol. The SMILES string of the molecule is CCC1(CO)CC(c2ccc(OC)c(OCCCCCc3ccccc3)c2)=NO1. The van der Waals surface area contributed by atoms with Crippen LogP contribution in [0, 0.1) is 0 Å². The maximum Gasteiger partial charge on any atom is 0.165 e. The molecule has 29 heavy (non-hydrogen) atoms. The van der Waals surface area contributed by atoms with Crippen LogP contribution in [0.25, 0.3) is 0 Å². The largest absolute Gasteiger partial charge is 0.493 e. The zero-order chi connectivity index (χ0) is 20.5. The van der Waals surface area contributed by atoms with Crippen LogP contribution in [0.2, 0.25) is 0 Å². The number of hydrogen-bond donors (Lipinski definition) is 1. The van der Waals surface area contributed by atoms with Gasteiger partial charge in [0.1, 0.15) is 0 Å². The first-order valence-electron chi connectivity index (χ1n) is 10.4. The highest BCUT2D eigenvalue weighted by Gasteiger charge is 2.37. The number of hydrogen-bond acceptors (Lipinski definition) is 5. The number of aryl methyl sites for hydroxylation is 1. The average Bonchev–Trinajstić information content (AvgIpc) is 3.22. The Morgan fingerprint density at radius 3 is 2.59 bits per heavy atom. The van der Waals surface area contributed by atoms with Gasteiger partial charge in [0.25, 0.3) is 0 Å². The molecular formula is C24H31NO4. The van der Waals surface area contributed by atoms with Gasteiger partial charge < -0.3 is 19.4 Å². The van der Waals surface area contributed by atoms with Crippen LogP contribution < -0.4 is 9.47 Å². The van der Waals surface area contributed by atoms with Crippen molar-refractivity contribution in [1.82, 2.24) is 0 Å². The quantitative estimate of drug-likeness (QED) is 0.556. The Bertz CT molecular complexity index is 800. The zero-order valence-corrected chi connectivity index (χ0v) is 17.4. The summed E-state index contributed by atoms with van der Waals surface area (Å²) in [5.74, 6) is 1.43. The van der Waals surface area contributed by atoms with Crippen LogP contribution in [0.3, 0.4) is 0 Å². The summed E-state index contributed by atoms with van der Waals surface area (Å²) in [5.41, 5.74) is 2.55. The Hall–Kier alpha value is -2.53. The lowest BCUT2D eigenvalue weighted by atomic mass is 9.92. The normalized spacial score (nSPS) is 18.2. The van der Waals surface area contributed by atoms with E-state index in [4.69, 9.17) is 14.3 Å². The molecule has 0 saturated heterocycles. The molecule has 1 N–H and O–H groups in total. The first-order valence-corrected chi connectivity index (χ1v) is 10.4. The second-order valence-corrected chi connectivity index (χ2v) is 7.51. The summed E-state index contributed by atoms with van der Waals surface area (Å²) in [6.45, 7) is 2.60. The molecule has 0 amide bonds. The summed E-state index contributed by atoms with van der Waals surface area (Å²) >= 11 is 0. The van der Waals surface area contributed by atoms with Crippen molar-refractivity contribution < 1.29 is 19.4 Å². The third kappa shape index (κ3) is 5.51. The third-order valence-electron chi connectivity index (χ3n) is 5.48. The van der Waals surface area contributed by atoms with Crippen molar-refractivity contribution in [3.63, 3.8) is 0 Å². The molecule has 5 heteroatoms. The standard InChI is InChI=1S/C24H31NO4/c1-3-24(18-26)17-21(25-29-24)20-13-14-22(27-2)23(16-20)28-15-9-5-8-12-19-10-6-4-7-11-19/h4,6-7,10-11,13-14,16,26H,3,5,8-9,12,15,17-18H2,1-2H3. The maximum absolute atomic E-state index is 9.63. The van der Waals surface area contributed by atoms with Gasteiger partial charge in [-0.1, -0.05) is 42.4 Å². The van der Waals surface area contributed by atoms with Crippen LogP contribution in [0.1, 0.15) is 50.2 Å². The van der Waals surface area contributed by atoms with Gasteiger partial charge in [0.2, 0.25) is 0 Å². The fourth-order valence-corrected chi connectivity index (χ4v) is 3.47. The van der Waals surface area contributed by atoms with E-state index in [9.17, 15) is 5.11 Å². The van der Waals surface area contributed by atoms with Crippen molar-refractivity contribution in [3.8, 4) is 11.5 Å². The monoisotopic (exact) mass is 397 g/mol. The number of benzene rings is 2. The van der Waals surface area contributed by atoms with E-state index in [1.54, 1.807) is 7.11 Å². The third-order valence-corrected chi connectivity index (χ3v) is 5.48. The predicted octanol–water partition coefficient (Wildman–Crippen LogP) is 4.75. The van der Waals surface area contributed by atoms with Crippen molar-refractivity contribution in [3.05, 3.63) is 59.7 Å². The second kappa shape index (κ2) is 10.3. The van der Waals surface area contributed by atoms with Crippen molar-refractivity contribution in [2.75, 3.05) is 20.3 Å². The summed E-state index contributed by atoms with van der Waals surface area (Å²) in [4.78, 5) is 5.53. The first kappa shape index (κ1) is 21.2. The molecule has 1 aliphatic heterocycles. The Balaban J connectivity index is 1.51. The molecule has 0 fully saturated rings. The molecule has 1 atom stereocenters. The molecule has 5 nitrogen and oxygen atoms in total. The van der Waals surface area contributed by atoms with Gasteiger partial charge in [0.15, 0.2) is 17.1 Å². The van der Waals surface area contributed by atoms with Crippen molar-refractivity contribution in [1.29, 1.82) is 0 Å². The molecule has 2 aromatic rings. The van der Waals surface area contributed by atoms with Crippen LogP contribution >= 0.6 is 0 Å². The highest BCUT2D eigenvalue weighted by molar-refractivity contribution is 6.02. The van der Waals surface area contributed by atoms with E-state index in [2.05, 4.69) is 29.4 Å². The van der Waals surface area contributed by atoms with Crippen LogP contribution in [0.4, 0.5) is 0 Å². The topological polar surface area (TPSA) is 60.3 Å². The number of aliphatic hydroxyl groups is 1. The molecule has 1 unspecified atom stereocenters. The summed E-state index contributed by atoms with van der Waals surface area (Å²) in [5, 5.41) is 13.8. The molecule has 1 aliphatic rings. The molecule has 2 aromatic carbocycles. The van der Waals surface area contributed by atoms with Crippen LogP contribution in [-0.4, -0.2) is 36.7 Å². The van der Waals surface area contributed by atoms with Crippen molar-refractivity contribution in [2.45, 2.75) is 51.0 Å². The lowest BCUT2D eigenvalue weighted by Gasteiger charge is -2.21. The Morgan fingerprint density at radius 1 is 1.07 bits per heavy atom. The maximum atomic E-state index is 9.63. The Labute approximate surface area is 173 Å². The van der Waals surface area contributed by atoms with Crippen LogP contribution in [0.15, 0.2) is 53.7 Å². The second-order valence-electron chi connectivity index (χ2n) is 7.51. The van der Waals surface area contributed by atoms with E-state index in [1.807, 2.05) is 31.2 Å². The zero-order valence-electron chi connectivity index (χ0n) is 17.4. The lowest BCUT2D eigenvalue weighted by Crippen LogP contribution is -2.32. The van der Waals surface area contributed by atoms with E-state index < -0.39 is 5.60 Å². The first-order chi connectivity index (χ1) is 14.2. The number of methoxy groups -OCH3 is 1. The highest BCUT2D eigenvalue weighted by atomic mass is 16.7. The van der Waals surface area contributed by atoms with E-state index in [0.29, 0.717) is 30.9 Å². The fourth-order valence-electron chi connectivity index (χ4n) is 3.47. The van der Waals surface area contributed by atoms with E-state index in [0.717, 1.165) is 37.0 Å². The smallest absolute Gasteiger partial charge is 0.165 e. The number of rotatable bonds is 11. The number of ether oxygens (including phenoxy) is 2. The van der Waals surface area contributed by atoms with Gasteiger partial charge in [-0.3, -0.25) is 0 Å². The number of aliphatic hydroxyl groups excluding tert-OH is 1. The minimum Gasteiger partial charge on any atom is -0.493 e. The van der Waals surface area contributed by atoms with Crippen LogP contribution in [-0.2, 0) is 11.3 Å². The Morgan fingerprint density at radius 2 is 1.90 bits per heavy atom. The average molecular weight is 398 g/mol. The fraction of sp³-hybridized carbons (Fsp3) is 0.458. The van der Waals surface area contributed by atoms with Gasteiger partial charge in [0.05, 0.1) is 26.0 Å². The molecule has 0 radical (unpaired) electrons. The minimum absolute atomic E-state index is 0.0427. The van der Waals surface area contributed by atoms with Crippen molar-refractivity contribution in [2.24, 2.45) is 5.16 Å².